The lowest BCUT2D eigenvalue weighted by atomic mass is 10.1. The molecule has 0 heterocycles. The van der Waals surface area contributed by atoms with Crippen LogP contribution in [0.4, 0.5) is 0 Å². The fourth-order valence-electron chi connectivity index (χ4n) is 2.58. The van der Waals surface area contributed by atoms with E-state index in [2.05, 4.69) is 46.9 Å². The van der Waals surface area contributed by atoms with E-state index >= 15 is 0 Å². The number of benzene rings is 1. The van der Waals surface area contributed by atoms with Gasteiger partial charge in [0.2, 0.25) is 0 Å². The van der Waals surface area contributed by atoms with Crippen LogP contribution in [0.25, 0.3) is 0 Å². The molecule has 0 amide bonds. The molecule has 1 unspecified atom stereocenters. The number of halogens is 2. The number of hydrogen-bond donors (Lipinski definition) is 0. The number of unbranched alkanes of at least 4 members (excludes halogenated alkanes) is 6. The summed E-state index contributed by atoms with van der Waals surface area (Å²) in [5.74, 6) is 0. The number of nitrogens with zero attached hydrogens (tertiary/aromatic N) is 1. The summed E-state index contributed by atoms with van der Waals surface area (Å²) in [5.41, 5.74) is 1.23. The van der Waals surface area contributed by atoms with Crippen LogP contribution in [-0.4, -0.2) is 23.8 Å². The largest absolute Gasteiger partial charge is 0.300 e. The summed E-state index contributed by atoms with van der Waals surface area (Å²) in [5, 5.41) is 2.03. The molecule has 1 atom stereocenters. The third-order valence-corrected chi connectivity index (χ3v) is 5.07. The average molecular weight is 375 g/mol. The van der Waals surface area contributed by atoms with Gasteiger partial charge in [-0.3, -0.25) is 4.90 Å². The van der Waals surface area contributed by atoms with Gasteiger partial charge < -0.3 is 0 Å². The highest BCUT2D eigenvalue weighted by molar-refractivity contribution is 9.09. The molecule has 0 fully saturated rings. The highest BCUT2D eigenvalue weighted by Gasteiger charge is 2.13. The summed E-state index contributed by atoms with van der Waals surface area (Å²) < 4.78 is 0. The molecule has 0 saturated heterocycles. The monoisotopic (exact) mass is 373 g/mol. The first-order valence-corrected chi connectivity index (χ1v) is 9.67. The van der Waals surface area contributed by atoms with Gasteiger partial charge in [0.25, 0.3) is 0 Å². The molecule has 0 aliphatic rings. The Morgan fingerprint density at radius 1 is 1.00 bits per heavy atom. The summed E-state index contributed by atoms with van der Waals surface area (Å²) >= 11 is 9.76. The third-order valence-electron chi connectivity index (χ3n) is 4.16. The lowest BCUT2D eigenvalue weighted by molar-refractivity contribution is 0.255. The number of rotatable bonds is 11. The molecule has 0 bridgehead atoms. The van der Waals surface area contributed by atoms with Gasteiger partial charge in [0.05, 0.1) is 0 Å². The maximum Gasteiger partial charge on any atom is 0.0453 e. The smallest absolute Gasteiger partial charge is 0.0453 e. The van der Waals surface area contributed by atoms with Crippen molar-refractivity contribution in [1.29, 1.82) is 0 Å². The van der Waals surface area contributed by atoms with Gasteiger partial charge >= 0.3 is 0 Å². The first-order chi connectivity index (χ1) is 10.2. The molecule has 120 valence electrons. The van der Waals surface area contributed by atoms with Crippen LogP contribution >= 0.6 is 27.5 Å². The van der Waals surface area contributed by atoms with Gasteiger partial charge in [-0.2, -0.15) is 0 Å². The van der Waals surface area contributed by atoms with E-state index in [1.807, 2.05) is 12.1 Å². The minimum Gasteiger partial charge on any atom is -0.300 e. The molecule has 0 saturated carbocycles. The van der Waals surface area contributed by atoms with Crippen LogP contribution < -0.4 is 0 Å². The topological polar surface area (TPSA) is 3.24 Å². The molecule has 21 heavy (non-hydrogen) atoms. The van der Waals surface area contributed by atoms with Crippen LogP contribution in [0, 0.1) is 0 Å². The molecule has 0 aromatic heterocycles. The molecular weight excluding hydrogens is 346 g/mol. The Bertz CT molecular complexity index is 383. The molecular formula is C18H29BrClN. The fraction of sp³-hybridized carbons (Fsp3) is 0.667. The zero-order valence-electron chi connectivity index (χ0n) is 13.5. The van der Waals surface area contributed by atoms with Crippen molar-refractivity contribution in [1.82, 2.24) is 4.90 Å². The molecule has 1 rings (SSSR count). The molecule has 1 aromatic carbocycles. The zero-order chi connectivity index (χ0) is 15.5. The molecule has 1 nitrogen and oxygen atoms in total. The normalized spacial score (nSPS) is 12.8. The van der Waals surface area contributed by atoms with E-state index < -0.39 is 0 Å². The van der Waals surface area contributed by atoms with Crippen LogP contribution in [0.2, 0.25) is 5.02 Å². The fourth-order valence-corrected chi connectivity index (χ4v) is 3.27. The van der Waals surface area contributed by atoms with Gasteiger partial charge in [-0.25, -0.2) is 0 Å². The zero-order valence-corrected chi connectivity index (χ0v) is 15.8. The molecule has 1 aromatic rings. The summed E-state index contributed by atoms with van der Waals surface area (Å²) in [6.07, 6.45) is 9.45. The van der Waals surface area contributed by atoms with Crippen molar-refractivity contribution in [2.45, 2.75) is 57.9 Å². The minimum absolute atomic E-state index is 0.387. The van der Waals surface area contributed by atoms with E-state index in [4.69, 9.17) is 11.6 Å². The summed E-state index contributed by atoms with van der Waals surface area (Å²) in [7, 11) is 2.20. The van der Waals surface area contributed by atoms with Crippen LogP contribution in [0.5, 0.6) is 0 Å². The minimum atomic E-state index is 0.387. The molecule has 0 radical (unpaired) electrons. The first kappa shape index (κ1) is 19.0. The lowest BCUT2D eigenvalue weighted by Crippen LogP contribution is -2.23. The maximum absolute atomic E-state index is 6.28. The van der Waals surface area contributed by atoms with Crippen molar-refractivity contribution >= 4 is 27.5 Å². The third kappa shape index (κ3) is 7.67. The van der Waals surface area contributed by atoms with Crippen molar-refractivity contribution in [2.75, 3.05) is 18.9 Å². The van der Waals surface area contributed by atoms with Crippen LogP contribution in [0.3, 0.4) is 0 Å². The Hall–Kier alpha value is -0.0500. The summed E-state index contributed by atoms with van der Waals surface area (Å²) in [4.78, 5) is 2.41. The molecule has 0 aliphatic carbocycles. The molecule has 0 aliphatic heterocycles. The standard InChI is InChI=1S/C18H29BrClN/c1-16(17-12-8-9-13-18(17)20)21(2)15-11-7-5-3-4-6-10-14-19/h8-9,12-13,16H,3-7,10-11,14-15H2,1-2H3. The van der Waals surface area contributed by atoms with E-state index in [1.165, 1.54) is 50.5 Å². The Labute approximate surface area is 144 Å². The van der Waals surface area contributed by atoms with Crippen molar-refractivity contribution in [3.05, 3.63) is 34.9 Å². The van der Waals surface area contributed by atoms with Gasteiger partial charge in [0.15, 0.2) is 0 Å². The van der Waals surface area contributed by atoms with Crippen LogP contribution in [0.1, 0.15) is 63.5 Å². The summed E-state index contributed by atoms with van der Waals surface area (Å²) in [6.45, 7) is 3.38. The van der Waals surface area contributed by atoms with E-state index in [0.717, 1.165) is 16.9 Å². The Kier molecular flexibility index (Phi) is 10.4. The second kappa shape index (κ2) is 11.5. The van der Waals surface area contributed by atoms with E-state index in [9.17, 15) is 0 Å². The van der Waals surface area contributed by atoms with Crippen molar-refractivity contribution in [2.24, 2.45) is 0 Å². The SMILES string of the molecule is CC(c1ccccc1Cl)N(C)CCCCCCCCCBr. The van der Waals surface area contributed by atoms with Crippen molar-refractivity contribution in [3.63, 3.8) is 0 Å². The van der Waals surface area contributed by atoms with Gasteiger partial charge in [0, 0.05) is 16.4 Å². The Balaban J connectivity index is 2.16. The quantitative estimate of drug-likeness (QED) is 0.317. The molecule has 3 heteroatoms. The predicted octanol–water partition coefficient (Wildman–Crippen LogP) is 6.46. The molecule has 0 N–H and O–H groups in total. The first-order valence-electron chi connectivity index (χ1n) is 8.17. The average Bonchev–Trinajstić information content (AvgIpc) is 2.49. The maximum atomic E-state index is 6.28. The lowest BCUT2D eigenvalue weighted by Gasteiger charge is -2.25. The van der Waals surface area contributed by atoms with Crippen molar-refractivity contribution in [3.8, 4) is 0 Å². The Morgan fingerprint density at radius 2 is 1.57 bits per heavy atom. The second-order valence-electron chi connectivity index (χ2n) is 5.84. The van der Waals surface area contributed by atoms with Gasteiger partial charge in [-0.1, -0.05) is 77.8 Å². The highest BCUT2D eigenvalue weighted by atomic mass is 79.9. The highest BCUT2D eigenvalue weighted by Crippen LogP contribution is 2.26. The second-order valence-corrected chi connectivity index (χ2v) is 7.04. The Morgan fingerprint density at radius 3 is 2.19 bits per heavy atom. The van der Waals surface area contributed by atoms with Gasteiger partial charge in [-0.15, -0.1) is 0 Å². The van der Waals surface area contributed by atoms with Crippen molar-refractivity contribution < 1.29 is 0 Å². The number of hydrogen-bond acceptors (Lipinski definition) is 1. The predicted molar refractivity (Wildman–Crippen MR) is 98.6 cm³/mol. The van der Waals surface area contributed by atoms with Crippen LogP contribution in [-0.2, 0) is 0 Å². The van der Waals surface area contributed by atoms with E-state index in [0.29, 0.717) is 6.04 Å². The van der Waals surface area contributed by atoms with Gasteiger partial charge in [0.1, 0.15) is 0 Å². The van der Waals surface area contributed by atoms with Crippen LogP contribution in [0.15, 0.2) is 24.3 Å². The van der Waals surface area contributed by atoms with Gasteiger partial charge in [-0.05, 0) is 45.0 Å². The van der Waals surface area contributed by atoms with E-state index in [-0.39, 0.29) is 0 Å². The number of alkyl halides is 1. The summed E-state index contributed by atoms with van der Waals surface area (Å²) in [6, 6.07) is 8.56. The van der Waals surface area contributed by atoms with E-state index in [1.54, 1.807) is 0 Å². The molecule has 0 spiro atoms.